The fraction of sp³-hybridized carbons (Fsp3) is 0.462. The Balaban J connectivity index is 1.41. The normalized spacial score (nSPS) is 26.0. The summed E-state index contributed by atoms with van der Waals surface area (Å²) in [7, 11) is 0. The first kappa shape index (κ1) is 22.2. The molecule has 0 aromatic carbocycles. The molecule has 1 amide bonds. The van der Waals surface area contributed by atoms with E-state index in [2.05, 4.69) is 14.9 Å². The summed E-state index contributed by atoms with van der Waals surface area (Å²) in [5.74, 6) is -0.250. The van der Waals surface area contributed by atoms with Gasteiger partial charge in [0.15, 0.2) is 6.39 Å². The Morgan fingerprint density at radius 1 is 1.11 bits per heavy atom. The van der Waals surface area contributed by atoms with Crippen LogP contribution in [0.25, 0.3) is 11.1 Å². The number of oxazole rings is 1. The van der Waals surface area contributed by atoms with Gasteiger partial charge in [0, 0.05) is 68.3 Å². The van der Waals surface area contributed by atoms with Crippen LogP contribution in [0.4, 0.5) is 0 Å². The number of aliphatic hydroxyl groups is 1. The Morgan fingerprint density at radius 2 is 1.91 bits per heavy atom. The van der Waals surface area contributed by atoms with E-state index < -0.39 is 6.04 Å². The lowest BCUT2D eigenvalue weighted by molar-refractivity contribution is -0.139. The molecule has 0 radical (unpaired) electrons. The highest BCUT2D eigenvalue weighted by Crippen LogP contribution is 2.50. The van der Waals surface area contributed by atoms with E-state index in [0.717, 1.165) is 49.3 Å². The average Bonchev–Trinajstić information content (AvgIpc) is 3.61. The van der Waals surface area contributed by atoms with Gasteiger partial charge in [0.2, 0.25) is 5.91 Å². The molecular weight excluding hydrogens is 446 g/mol. The molecule has 0 aliphatic carbocycles. The Morgan fingerprint density at radius 3 is 2.63 bits per heavy atom. The third kappa shape index (κ3) is 3.70. The van der Waals surface area contributed by atoms with Gasteiger partial charge < -0.3 is 19.0 Å². The molecule has 4 atom stereocenters. The SMILES string of the molecule is O=C([C@H]1[C@H](CO)[C@H]2Cn3c(ccc(-c4ccncc4)c3=O)[C@H]2N1Cc1cocn1)N1CCCCC1. The Hall–Kier alpha value is -3.30. The predicted molar refractivity (Wildman–Crippen MR) is 127 cm³/mol. The first-order valence-electron chi connectivity index (χ1n) is 12.3. The fourth-order valence-electron chi connectivity index (χ4n) is 6.32. The number of aromatic nitrogens is 3. The van der Waals surface area contributed by atoms with E-state index in [0.29, 0.717) is 18.7 Å². The topological polar surface area (TPSA) is 105 Å². The molecule has 3 aliphatic heterocycles. The van der Waals surface area contributed by atoms with E-state index in [4.69, 9.17) is 4.42 Å². The van der Waals surface area contributed by atoms with E-state index in [1.165, 1.54) is 6.39 Å². The van der Waals surface area contributed by atoms with Crippen LogP contribution >= 0.6 is 0 Å². The molecule has 0 bridgehead atoms. The van der Waals surface area contributed by atoms with Crippen LogP contribution in [-0.2, 0) is 17.9 Å². The van der Waals surface area contributed by atoms with Crippen molar-refractivity contribution in [1.29, 1.82) is 0 Å². The minimum atomic E-state index is -0.464. The van der Waals surface area contributed by atoms with E-state index >= 15 is 0 Å². The molecule has 2 fully saturated rings. The fourth-order valence-corrected chi connectivity index (χ4v) is 6.32. The first-order valence-corrected chi connectivity index (χ1v) is 12.3. The second kappa shape index (κ2) is 9.05. The van der Waals surface area contributed by atoms with Gasteiger partial charge in [-0.2, -0.15) is 0 Å². The molecule has 0 spiro atoms. The van der Waals surface area contributed by atoms with E-state index in [1.807, 2.05) is 33.7 Å². The van der Waals surface area contributed by atoms with Crippen molar-refractivity contribution in [3.63, 3.8) is 0 Å². The van der Waals surface area contributed by atoms with Crippen molar-refractivity contribution in [2.75, 3.05) is 19.7 Å². The van der Waals surface area contributed by atoms with Crippen LogP contribution in [0.1, 0.15) is 36.7 Å². The Kier molecular flexibility index (Phi) is 5.74. The summed E-state index contributed by atoms with van der Waals surface area (Å²) in [6, 6.07) is 6.91. The monoisotopic (exact) mass is 475 g/mol. The lowest BCUT2D eigenvalue weighted by Crippen LogP contribution is -2.51. The van der Waals surface area contributed by atoms with Crippen molar-refractivity contribution in [3.05, 3.63) is 71.1 Å². The maximum absolute atomic E-state index is 13.8. The first-order chi connectivity index (χ1) is 17.2. The number of piperidine rings is 1. The predicted octanol–water partition coefficient (Wildman–Crippen LogP) is 2.07. The van der Waals surface area contributed by atoms with E-state index in [1.54, 1.807) is 18.7 Å². The van der Waals surface area contributed by atoms with Crippen LogP contribution in [0.2, 0.25) is 0 Å². The largest absolute Gasteiger partial charge is 0.451 e. The van der Waals surface area contributed by atoms with Gasteiger partial charge in [0.1, 0.15) is 6.26 Å². The van der Waals surface area contributed by atoms with Gasteiger partial charge >= 0.3 is 0 Å². The van der Waals surface area contributed by atoms with E-state index in [-0.39, 0.29) is 36.0 Å². The lowest BCUT2D eigenvalue weighted by atomic mass is 9.88. The van der Waals surface area contributed by atoms with Gasteiger partial charge in [-0.05, 0) is 49.1 Å². The van der Waals surface area contributed by atoms with Gasteiger partial charge in [-0.25, -0.2) is 4.98 Å². The summed E-state index contributed by atoms with van der Waals surface area (Å²) in [6.07, 6.45) is 9.50. The quantitative estimate of drug-likeness (QED) is 0.602. The molecule has 3 aromatic rings. The zero-order valence-corrected chi connectivity index (χ0v) is 19.5. The molecule has 0 unspecified atom stereocenters. The summed E-state index contributed by atoms with van der Waals surface area (Å²) >= 11 is 0. The van der Waals surface area contributed by atoms with Gasteiger partial charge in [-0.15, -0.1) is 0 Å². The van der Waals surface area contributed by atoms with Crippen LogP contribution in [0, 0.1) is 11.8 Å². The van der Waals surface area contributed by atoms with E-state index in [9.17, 15) is 14.7 Å². The zero-order valence-electron chi connectivity index (χ0n) is 19.5. The molecular formula is C26H29N5O4. The number of rotatable bonds is 5. The summed E-state index contributed by atoms with van der Waals surface area (Å²) in [4.78, 5) is 39.8. The van der Waals surface area contributed by atoms with Crippen LogP contribution in [0.15, 0.2) is 58.5 Å². The smallest absolute Gasteiger partial charge is 0.258 e. The third-order valence-electron chi connectivity index (χ3n) is 7.93. The molecule has 182 valence electrons. The zero-order chi connectivity index (χ0) is 23.9. The van der Waals surface area contributed by atoms with Crippen LogP contribution in [0.5, 0.6) is 0 Å². The molecule has 6 rings (SSSR count). The standard InChI is InChI=1S/C26H29N5O4/c32-14-21-20-13-30-22(5-4-19(25(30)33)17-6-8-27-9-7-17)23(20)31(12-18-15-35-16-28-18)24(21)26(34)29-10-2-1-3-11-29/h4-9,15-16,20-21,23-24,32H,1-3,10-14H2/t20-,21-,23+,24-/m1/s1. The van der Waals surface area contributed by atoms with Crippen molar-refractivity contribution < 1.29 is 14.3 Å². The molecule has 9 nitrogen and oxygen atoms in total. The summed E-state index contributed by atoms with van der Waals surface area (Å²) in [5, 5.41) is 10.5. The van der Waals surface area contributed by atoms with Crippen molar-refractivity contribution in [3.8, 4) is 11.1 Å². The third-order valence-corrected chi connectivity index (χ3v) is 7.93. The molecule has 0 saturated carbocycles. The number of hydrogen-bond acceptors (Lipinski definition) is 7. The number of aliphatic hydroxyl groups excluding tert-OH is 1. The van der Waals surface area contributed by atoms with Crippen LogP contribution in [-0.4, -0.2) is 61.1 Å². The van der Waals surface area contributed by atoms with Crippen molar-refractivity contribution in [2.45, 2.75) is 44.4 Å². The number of carbonyl (C=O) groups is 1. The minimum Gasteiger partial charge on any atom is -0.451 e. The van der Waals surface area contributed by atoms with Gasteiger partial charge in [0.25, 0.3) is 5.56 Å². The highest BCUT2D eigenvalue weighted by atomic mass is 16.3. The maximum Gasteiger partial charge on any atom is 0.258 e. The number of hydrogen-bond donors (Lipinski definition) is 1. The number of nitrogens with zero attached hydrogens (tertiary/aromatic N) is 5. The number of likely N-dealkylation sites (tertiary alicyclic amines) is 2. The maximum atomic E-state index is 13.8. The average molecular weight is 476 g/mol. The summed E-state index contributed by atoms with van der Waals surface area (Å²) in [6.45, 7) is 2.29. The Bertz CT molecular complexity index is 1250. The van der Waals surface area contributed by atoms with Crippen LogP contribution < -0.4 is 5.56 Å². The summed E-state index contributed by atoms with van der Waals surface area (Å²) in [5.41, 5.74) is 3.01. The van der Waals surface area contributed by atoms with Crippen molar-refractivity contribution in [2.24, 2.45) is 11.8 Å². The highest BCUT2D eigenvalue weighted by molar-refractivity contribution is 5.83. The number of carbonyl (C=O) groups excluding carboxylic acids is 1. The van der Waals surface area contributed by atoms with Gasteiger partial charge in [-0.3, -0.25) is 19.5 Å². The second-order valence-corrected chi connectivity index (χ2v) is 9.76. The molecule has 3 aliphatic rings. The minimum absolute atomic E-state index is 0.0500. The molecule has 2 saturated heterocycles. The number of fused-ring (bicyclic) bond motifs is 3. The lowest BCUT2D eigenvalue weighted by Gasteiger charge is -2.35. The molecule has 1 N–H and O–H groups in total. The number of pyridine rings is 2. The van der Waals surface area contributed by atoms with Gasteiger partial charge in [-0.1, -0.05) is 0 Å². The van der Waals surface area contributed by atoms with Crippen molar-refractivity contribution in [1.82, 2.24) is 24.3 Å². The molecule has 6 heterocycles. The highest BCUT2D eigenvalue weighted by Gasteiger charge is 2.56. The molecule has 3 aromatic heterocycles. The molecule has 35 heavy (non-hydrogen) atoms. The number of amides is 1. The molecule has 9 heteroatoms. The van der Waals surface area contributed by atoms with Crippen molar-refractivity contribution >= 4 is 5.91 Å². The summed E-state index contributed by atoms with van der Waals surface area (Å²) < 4.78 is 7.04. The van der Waals surface area contributed by atoms with Gasteiger partial charge in [0.05, 0.1) is 17.8 Å². The Labute approximate surface area is 203 Å². The second-order valence-electron chi connectivity index (χ2n) is 9.76. The van der Waals surface area contributed by atoms with Crippen LogP contribution in [0.3, 0.4) is 0 Å².